The van der Waals surface area contributed by atoms with E-state index < -0.39 is 0 Å². The lowest BCUT2D eigenvalue weighted by Gasteiger charge is -2.40. The number of ether oxygens (including phenoxy) is 1. The third-order valence-electron chi connectivity index (χ3n) is 6.51. The van der Waals surface area contributed by atoms with Gasteiger partial charge >= 0.3 is 6.03 Å². The van der Waals surface area contributed by atoms with Crippen LogP contribution in [-0.2, 0) is 6.42 Å². The van der Waals surface area contributed by atoms with Gasteiger partial charge in [-0.3, -0.25) is 4.90 Å². The normalized spacial score (nSPS) is 21.4. The maximum atomic E-state index is 13.6. The van der Waals surface area contributed by atoms with Gasteiger partial charge in [0.25, 0.3) is 0 Å². The van der Waals surface area contributed by atoms with Crippen molar-refractivity contribution in [1.29, 1.82) is 5.26 Å². The fourth-order valence-electron chi connectivity index (χ4n) is 4.49. The summed E-state index contributed by atoms with van der Waals surface area (Å²) in [6.07, 6.45) is 6.76. The van der Waals surface area contributed by atoms with Crippen LogP contribution in [0.1, 0.15) is 44.0 Å². The number of carbonyl (C=O) groups is 1. The van der Waals surface area contributed by atoms with E-state index in [2.05, 4.69) is 33.9 Å². The minimum Gasteiger partial charge on any atom is -0.479 e. The second-order valence-electron chi connectivity index (χ2n) is 8.22. The average molecular weight is 406 g/mol. The van der Waals surface area contributed by atoms with Crippen LogP contribution in [0.5, 0.6) is 5.88 Å². The molecule has 0 unspecified atom stereocenters. The monoisotopic (exact) mass is 405 g/mol. The van der Waals surface area contributed by atoms with E-state index in [0.717, 1.165) is 19.4 Å². The number of urea groups is 1. The number of methoxy groups -OCH3 is 1. The highest BCUT2D eigenvalue weighted by Crippen LogP contribution is 2.40. The van der Waals surface area contributed by atoms with Crippen LogP contribution in [0.4, 0.5) is 10.5 Å². The zero-order valence-electron chi connectivity index (χ0n) is 17.5. The van der Waals surface area contributed by atoms with Gasteiger partial charge in [-0.1, -0.05) is 43.7 Å². The van der Waals surface area contributed by atoms with E-state index in [9.17, 15) is 4.79 Å². The van der Waals surface area contributed by atoms with Gasteiger partial charge in [-0.2, -0.15) is 10.2 Å². The molecule has 7 nitrogen and oxygen atoms in total. The Balaban J connectivity index is 1.72. The van der Waals surface area contributed by atoms with Crippen molar-refractivity contribution in [1.82, 2.24) is 14.9 Å². The first-order chi connectivity index (χ1) is 14.6. The highest BCUT2D eigenvalue weighted by molar-refractivity contribution is 5.96. The number of anilines is 1. The molecule has 7 heteroatoms. The van der Waals surface area contributed by atoms with Gasteiger partial charge in [-0.05, 0) is 37.2 Å². The van der Waals surface area contributed by atoms with Crippen molar-refractivity contribution in [2.45, 2.75) is 44.6 Å². The Labute approximate surface area is 177 Å². The molecule has 2 fully saturated rings. The van der Waals surface area contributed by atoms with Crippen LogP contribution >= 0.6 is 0 Å². The maximum absolute atomic E-state index is 13.6. The summed E-state index contributed by atoms with van der Waals surface area (Å²) in [4.78, 5) is 25.7. The summed E-state index contributed by atoms with van der Waals surface area (Å²) in [6, 6.07) is 12.2. The molecule has 30 heavy (non-hydrogen) atoms. The third kappa shape index (κ3) is 3.58. The van der Waals surface area contributed by atoms with Crippen LogP contribution in [0.15, 0.2) is 36.5 Å². The first-order valence-electron chi connectivity index (χ1n) is 10.5. The predicted molar refractivity (Wildman–Crippen MR) is 113 cm³/mol. The first-order valence-corrected chi connectivity index (χ1v) is 10.5. The molecule has 1 saturated heterocycles. The summed E-state index contributed by atoms with van der Waals surface area (Å²) < 4.78 is 5.40. The highest BCUT2D eigenvalue weighted by Gasteiger charge is 2.50. The van der Waals surface area contributed by atoms with Gasteiger partial charge in [0.15, 0.2) is 0 Å². The van der Waals surface area contributed by atoms with E-state index >= 15 is 0 Å². The van der Waals surface area contributed by atoms with Gasteiger partial charge < -0.3 is 9.64 Å². The molecule has 1 atom stereocenters. The van der Waals surface area contributed by atoms with Gasteiger partial charge in [0.2, 0.25) is 11.7 Å². The molecular weight excluding hydrogens is 378 g/mol. The molecule has 1 aliphatic heterocycles. The van der Waals surface area contributed by atoms with Crippen LogP contribution in [-0.4, -0.2) is 46.6 Å². The summed E-state index contributed by atoms with van der Waals surface area (Å²) in [5.74, 6) is 0.847. The van der Waals surface area contributed by atoms with Crippen LogP contribution in [0.25, 0.3) is 0 Å². The van der Waals surface area contributed by atoms with Gasteiger partial charge in [-0.25, -0.2) is 9.78 Å². The predicted octanol–water partition coefficient (Wildman–Crippen LogP) is 3.79. The smallest absolute Gasteiger partial charge is 0.325 e. The van der Waals surface area contributed by atoms with Crippen molar-refractivity contribution in [3.05, 3.63) is 47.9 Å². The summed E-state index contributed by atoms with van der Waals surface area (Å²) >= 11 is 0. The van der Waals surface area contributed by atoms with Crippen molar-refractivity contribution < 1.29 is 9.53 Å². The zero-order valence-corrected chi connectivity index (χ0v) is 17.5. The molecule has 1 aliphatic carbocycles. The Bertz CT molecular complexity index is 954. The SMILES string of the molecule is CC[C@@]1(Cc2ccccc2)CN(c2cnc(C#N)nc2OC)C(=O)N1CC1CCC1. The van der Waals surface area contributed by atoms with Gasteiger partial charge in [0.05, 0.1) is 25.4 Å². The number of nitrogens with zero attached hydrogens (tertiary/aromatic N) is 5. The van der Waals surface area contributed by atoms with Crippen LogP contribution in [0.2, 0.25) is 0 Å². The van der Waals surface area contributed by atoms with Gasteiger partial charge in [0.1, 0.15) is 11.8 Å². The standard InChI is InChI=1S/C23H27N5O2/c1-3-23(12-17-8-5-4-6-9-17)16-27(22(29)28(23)15-18-10-7-11-18)19-14-25-20(13-24)26-21(19)30-2/h4-6,8-9,14,18H,3,7,10-12,15-16H2,1-2H3/t23-/m1/s1. The van der Waals surface area contributed by atoms with Crippen LogP contribution in [0.3, 0.4) is 0 Å². The number of aromatic nitrogens is 2. The minimum atomic E-state index is -0.313. The number of benzene rings is 1. The molecule has 1 aromatic carbocycles. The molecule has 4 rings (SSSR count). The lowest BCUT2D eigenvalue weighted by molar-refractivity contribution is 0.114. The van der Waals surface area contributed by atoms with E-state index in [1.54, 1.807) is 4.90 Å². The molecule has 1 saturated carbocycles. The Kier molecular flexibility index (Phi) is 5.58. The molecule has 2 amide bonds. The largest absolute Gasteiger partial charge is 0.479 e. The van der Waals surface area contributed by atoms with Gasteiger partial charge in [0, 0.05) is 6.54 Å². The molecule has 0 N–H and O–H groups in total. The number of amides is 2. The summed E-state index contributed by atoms with van der Waals surface area (Å²) in [5, 5.41) is 9.11. The second-order valence-corrected chi connectivity index (χ2v) is 8.22. The molecular formula is C23H27N5O2. The average Bonchev–Trinajstić information content (AvgIpc) is 3.02. The maximum Gasteiger partial charge on any atom is 0.325 e. The number of hydrogen-bond acceptors (Lipinski definition) is 5. The molecule has 1 aromatic heterocycles. The van der Waals surface area contributed by atoms with E-state index in [1.165, 1.54) is 38.1 Å². The summed E-state index contributed by atoms with van der Waals surface area (Å²) in [5.41, 5.74) is 1.42. The molecule has 156 valence electrons. The topological polar surface area (TPSA) is 82.4 Å². The lowest BCUT2D eigenvalue weighted by Crippen LogP contribution is -2.51. The number of carbonyl (C=O) groups excluding carboxylic acids is 1. The number of rotatable bonds is 7. The quantitative estimate of drug-likeness (QED) is 0.700. The number of nitriles is 1. The fraction of sp³-hybridized carbons (Fsp3) is 0.478. The minimum absolute atomic E-state index is 0.0274. The molecule has 2 aliphatic rings. The Hall–Kier alpha value is -3.14. The van der Waals surface area contributed by atoms with E-state index in [4.69, 9.17) is 10.00 Å². The van der Waals surface area contributed by atoms with Crippen molar-refractivity contribution in [3.8, 4) is 11.9 Å². The summed E-state index contributed by atoms with van der Waals surface area (Å²) in [7, 11) is 1.50. The zero-order chi connectivity index (χ0) is 21.1. The van der Waals surface area contributed by atoms with Gasteiger partial charge in [-0.15, -0.1) is 0 Å². The molecule has 2 aromatic rings. The number of hydrogen-bond donors (Lipinski definition) is 0. The lowest BCUT2D eigenvalue weighted by atomic mass is 9.82. The van der Waals surface area contributed by atoms with E-state index in [-0.39, 0.29) is 23.3 Å². The van der Waals surface area contributed by atoms with E-state index in [0.29, 0.717) is 18.2 Å². The van der Waals surface area contributed by atoms with Crippen molar-refractivity contribution in [3.63, 3.8) is 0 Å². The van der Waals surface area contributed by atoms with Crippen molar-refractivity contribution in [2.75, 3.05) is 25.1 Å². The molecule has 0 bridgehead atoms. The van der Waals surface area contributed by atoms with E-state index in [1.807, 2.05) is 24.3 Å². The first kappa shape index (κ1) is 20.1. The third-order valence-corrected chi connectivity index (χ3v) is 6.51. The van der Waals surface area contributed by atoms with Crippen LogP contribution < -0.4 is 9.64 Å². The van der Waals surface area contributed by atoms with Crippen molar-refractivity contribution >= 4 is 11.7 Å². The molecule has 0 radical (unpaired) electrons. The Morgan fingerprint density at radius 3 is 2.67 bits per heavy atom. The highest BCUT2D eigenvalue weighted by atomic mass is 16.5. The van der Waals surface area contributed by atoms with Crippen LogP contribution in [0, 0.1) is 17.2 Å². The molecule has 2 heterocycles. The summed E-state index contributed by atoms with van der Waals surface area (Å²) in [6.45, 7) is 3.46. The van der Waals surface area contributed by atoms with Crippen molar-refractivity contribution in [2.24, 2.45) is 5.92 Å². The fourth-order valence-corrected chi connectivity index (χ4v) is 4.49. The Morgan fingerprint density at radius 2 is 2.07 bits per heavy atom. The second kappa shape index (κ2) is 8.31. The Morgan fingerprint density at radius 1 is 1.30 bits per heavy atom. The molecule has 0 spiro atoms.